The number of para-hydroxylation sites is 2. The molecule has 0 saturated heterocycles. The predicted octanol–water partition coefficient (Wildman–Crippen LogP) is 3.04. The quantitative estimate of drug-likeness (QED) is 0.862. The Morgan fingerprint density at radius 3 is 2.82 bits per heavy atom. The lowest BCUT2D eigenvalue weighted by molar-refractivity contribution is -0.115. The number of hydrogen-bond acceptors (Lipinski definition) is 3. The number of rotatable bonds is 5. The molecule has 2 aromatic carbocycles. The van der Waals surface area contributed by atoms with E-state index in [2.05, 4.69) is 10.3 Å². The molecule has 1 heterocycles. The lowest BCUT2D eigenvalue weighted by Gasteiger charge is -2.06. The summed E-state index contributed by atoms with van der Waals surface area (Å²) in [5.41, 5.74) is 3.00. The topological polar surface area (TPSA) is 50.7 Å². The molecule has 0 spiro atoms. The highest BCUT2D eigenvalue weighted by Crippen LogP contribution is 2.30. The number of anilines is 1. The molecule has 1 unspecified atom stereocenters. The minimum Gasteiger partial charge on any atom is -0.496 e. The first-order valence-corrected chi connectivity index (χ1v) is 7.31. The van der Waals surface area contributed by atoms with E-state index >= 15 is 0 Å². The molecule has 0 saturated carbocycles. The van der Waals surface area contributed by atoms with Crippen LogP contribution in [0.2, 0.25) is 0 Å². The van der Waals surface area contributed by atoms with Crippen molar-refractivity contribution < 1.29 is 9.53 Å². The number of carbonyl (C=O) groups excluding carboxylic acids is 1. The number of nitrogens with one attached hydrogen (secondary N) is 1. The smallest absolute Gasteiger partial charge is 0.237 e. The van der Waals surface area contributed by atoms with E-state index in [9.17, 15) is 4.79 Å². The first-order valence-electron chi connectivity index (χ1n) is 7.31. The Labute approximate surface area is 129 Å². The molecule has 0 bridgehead atoms. The second kappa shape index (κ2) is 6.43. The molecule has 1 amide bonds. The highest BCUT2D eigenvalue weighted by molar-refractivity contribution is 6.12. The van der Waals surface area contributed by atoms with Gasteiger partial charge in [-0.25, -0.2) is 0 Å². The van der Waals surface area contributed by atoms with Crippen LogP contribution < -0.4 is 10.1 Å². The van der Waals surface area contributed by atoms with E-state index in [0.717, 1.165) is 29.0 Å². The molecule has 22 heavy (non-hydrogen) atoms. The van der Waals surface area contributed by atoms with Gasteiger partial charge in [0.15, 0.2) is 0 Å². The number of aliphatic imine (C=N–C) groups is 1. The number of benzene rings is 2. The molecule has 1 atom stereocenters. The van der Waals surface area contributed by atoms with Gasteiger partial charge in [0.05, 0.1) is 7.11 Å². The molecule has 1 aliphatic rings. The number of ether oxygens (including phenoxy) is 1. The highest BCUT2D eigenvalue weighted by atomic mass is 16.5. The van der Waals surface area contributed by atoms with Crippen molar-refractivity contribution in [3.05, 3.63) is 59.7 Å². The zero-order chi connectivity index (χ0) is 15.4. The van der Waals surface area contributed by atoms with E-state index in [1.165, 1.54) is 0 Å². The minimum absolute atomic E-state index is 0.0118. The van der Waals surface area contributed by atoms with Gasteiger partial charge in [-0.15, -0.1) is 0 Å². The number of carbonyl (C=O) groups is 1. The zero-order valence-electron chi connectivity index (χ0n) is 12.5. The summed E-state index contributed by atoms with van der Waals surface area (Å²) in [6.07, 6.45) is 2.53. The van der Waals surface area contributed by atoms with Gasteiger partial charge in [-0.1, -0.05) is 36.4 Å². The Balaban J connectivity index is 1.65. The van der Waals surface area contributed by atoms with Crippen LogP contribution in [0.3, 0.4) is 0 Å². The van der Waals surface area contributed by atoms with Crippen LogP contribution in [0, 0.1) is 0 Å². The first-order chi connectivity index (χ1) is 10.8. The number of hydrogen-bond donors (Lipinski definition) is 1. The SMILES string of the molecule is COc1ccccc1CCN=CC1C(=O)Nc2ccccc21. The van der Waals surface area contributed by atoms with E-state index < -0.39 is 0 Å². The van der Waals surface area contributed by atoms with Gasteiger partial charge in [0.25, 0.3) is 0 Å². The van der Waals surface area contributed by atoms with Crippen LogP contribution in [0.25, 0.3) is 0 Å². The lowest BCUT2D eigenvalue weighted by Crippen LogP contribution is -2.13. The number of nitrogens with zero attached hydrogens (tertiary/aromatic N) is 1. The number of fused-ring (bicyclic) bond motifs is 1. The molecule has 1 N–H and O–H groups in total. The van der Waals surface area contributed by atoms with Crippen molar-refractivity contribution in [2.24, 2.45) is 4.99 Å². The first kappa shape index (κ1) is 14.3. The Morgan fingerprint density at radius 2 is 1.95 bits per heavy atom. The molecule has 2 aromatic rings. The second-order valence-corrected chi connectivity index (χ2v) is 5.17. The standard InChI is InChI=1S/C18H18N2O2/c1-22-17-9-5-2-6-13(17)10-11-19-12-15-14-7-3-4-8-16(14)20-18(15)21/h2-9,12,15H,10-11H2,1H3,(H,20,21). The minimum atomic E-state index is -0.283. The number of methoxy groups -OCH3 is 1. The average Bonchev–Trinajstić information content (AvgIpc) is 2.87. The van der Waals surface area contributed by atoms with E-state index in [4.69, 9.17) is 4.74 Å². The van der Waals surface area contributed by atoms with Gasteiger partial charge in [0.2, 0.25) is 5.91 Å². The van der Waals surface area contributed by atoms with Gasteiger partial charge in [-0.05, 0) is 29.7 Å². The Morgan fingerprint density at radius 1 is 1.18 bits per heavy atom. The second-order valence-electron chi connectivity index (χ2n) is 5.17. The fourth-order valence-electron chi connectivity index (χ4n) is 2.66. The molecular weight excluding hydrogens is 276 g/mol. The fraction of sp³-hybridized carbons (Fsp3) is 0.222. The third kappa shape index (κ3) is 2.86. The van der Waals surface area contributed by atoms with Crippen molar-refractivity contribution in [3.8, 4) is 5.75 Å². The summed E-state index contributed by atoms with van der Waals surface area (Å²) in [5, 5.41) is 2.87. The molecule has 0 aromatic heterocycles. The highest BCUT2D eigenvalue weighted by Gasteiger charge is 2.28. The van der Waals surface area contributed by atoms with Crippen LogP contribution >= 0.6 is 0 Å². The maximum atomic E-state index is 12.0. The van der Waals surface area contributed by atoms with Gasteiger partial charge in [0, 0.05) is 18.4 Å². The summed E-state index contributed by atoms with van der Waals surface area (Å²) < 4.78 is 5.32. The van der Waals surface area contributed by atoms with Crippen LogP contribution in [0.4, 0.5) is 5.69 Å². The molecule has 1 aliphatic heterocycles. The third-order valence-electron chi connectivity index (χ3n) is 3.79. The summed E-state index contributed by atoms with van der Waals surface area (Å²) in [7, 11) is 1.67. The Hall–Kier alpha value is -2.62. The van der Waals surface area contributed by atoms with Crippen molar-refractivity contribution in [3.63, 3.8) is 0 Å². The van der Waals surface area contributed by atoms with E-state index in [1.807, 2.05) is 48.5 Å². The van der Waals surface area contributed by atoms with Gasteiger partial charge in [-0.3, -0.25) is 9.79 Å². The monoisotopic (exact) mass is 294 g/mol. The zero-order valence-corrected chi connectivity index (χ0v) is 12.5. The maximum Gasteiger partial charge on any atom is 0.237 e. The molecule has 3 rings (SSSR count). The molecule has 4 nitrogen and oxygen atoms in total. The van der Waals surface area contributed by atoms with Crippen LogP contribution in [-0.2, 0) is 11.2 Å². The van der Waals surface area contributed by atoms with Crippen LogP contribution in [0.5, 0.6) is 5.75 Å². The van der Waals surface area contributed by atoms with E-state index in [-0.39, 0.29) is 11.8 Å². The largest absolute Gasteiger partial charge is 0.496 e. The van der Waals surface area contributed by atoms with Crippen molar-refractivity contribution >= 4 is 17.8 Å². The van der Waals surface area contributed by atoms with Crippen LogP contribution in [0.1, 0.15) is 17.0 Å². The van der Waals surface area contributed by atoms with Crippen molar-refractivity contribution in [2.75, 3.05) is 19.0 Å². The molecule has 0 radical (unpaired) electrons. The average molecular weight is 294 g/mol. The molecule has 0 aliphatic carbocycles. The number of amides is 1. The van der Waals surface area contributed by atoms with Gasteiger partial charge in [0.1, 0.15) is 11.7 Å². The van der Waals surface area contributed by atoms with E-state index in [0.29, 0.717) is 6.54 Å². The van der Waals surface area contributed by atoms with Crippen LogP contribution in [-0.4, -0.2) is 25.8 Å². The van der Waals surface area contributed by atoms with Gasteiger partial charge < -0.3 is 10.1 Å². The fourth-order valence-corrected chi connectivity index (χ4v) is 2.66. The molecule has 112 valence electrons. The summed E-state index contributed by atoms with van der Waals surface area (Å²) in [6.45, 7) is 0.631. The molecular formula is C18H18N2O2. The Kier molecular flexibility index (Phi) is 4.19. The van der Waals surface area contributed by atoms with E-state index in [1.54, 1.807) is 13.3 Å². The van der Waals surface area contributed by atoms with Crippen molar-refractivity contribution in [1.29, 1.82) is 0 Å². The molecule has 0 fully saturated rings. The van der Waals surface area contributed by atoms with Crippen molar-refractivity contribution in [1.82, 2.24) is 0 Å². The lowest BCUT2D eigenvalue weighted by atomic mass is 10.0. The van der Waals surface area contributed by atoms with Crippen molar-refractivity contribution in [2.45, 2.75) is 12.3 Å². The predicted molar refractivity (Wildman–Crippen MR) is 87.9 cm³/mol. The molecule has 4 heteroatoms. The summed E-state index contributed by atoms with van der Waals surface area (Å²) in [5.74, 6) is 0.581. The van der Waals surface area contributed by atoms with Crippen LogP contribution in [0.15, 0.2) is 53.5 Å². The normalized spacial score (nSPS) is 16.6. The van der Waals surface area contributed by atoms with Gasteiger partial charge >= 0.3 is 0 Å². The maximum absolute atomic E-state index is 12.0. The third-order valence-corrected chi connectivity index (χ3v) is 3.79. The summed E-state index contributed by atoms with van der Waals surface area (Å²) >= 11 is 0. The van der Waals surface area contributed by atoms with Gasteiger partial charge in [-0.2, -0.15) is 0 Å². The summed E-state index contributed by atoms with van der Waals surface area (Å²) in [4.78, 5) is 16.4. The summed E-state index contributed by atoms with van der Waals surface area (Å²) in [6, 6.07) is 15.6. The Bertz CT molecular complexity index is 710.